The van der Waals surface area contributed by atoms with E-state index in [1.807, 2.05) is 48.8 Å². The van der Waals surface area contributed by atoms with E-state index >= 15 is 0 Å². The standard InChI is InChI=1S/C25H32N6O2/c1-17-13-20(5-6-21(17)22-15-26-29-33-22)16-31-10-4-7-25(23(31)32)8-11-30(12-9-25)24-27-18(2)14-19(3)28-24/h5-6,13-15,24,27H,4,7-12,16H2,1-3H3/i24T/hT. The van der Waals surface area contributed by atoms with Gasteiger partial charge in [-0.3, -0.25) is 14.7 Å². The lowest BCUT2D eigenvalue weighted by molar-refractivity contribution is -0.151. The van der Waals surface area contributed by atoms with Gasteiger partial charge in [-0.05, 0) is 63.7 Å². The highest BCUT2D eigenvalue weighted by atomic mass is 16.5. The maximum atomic E-state index is 13.7. The molecule has 0 aliphatic carbocycles. The van der Waals surface area contributed by atoms with Crippen LogP contribution >= 0.6 is 0 Å². The van der Waals surface area contributed by atoms with E-state index in [9.17, 15) is 4.79 Å². The molecule has 3 aliphatic heterocycles. The molecule has 1 aromatic carbocycles. The molecule has 8 heteroatoms. The summed E-state index contributed by atoms with van der Waals surface area (Å²) in [6.45, 7) is 8.20. The number of benzene rings is 1. The van der Waals surface area contributed by atoms with Gasteiger partial charge in [0.05, 0.1) is 13.0 Å². The quantitative estimate of drug-likeness (QED) is 0.764. The Labute approximate surface area is 197 Å². The molecule has 4 heterocycles. The number of nitrogens with zero attached hydrogens (tertiary/aromatic N) is 5. The summed E-state index contributed by atoms with van der Waals surface area (Å²) in [5, 5.41) is 8.48. The third-order valence-electron chi connectivity index (χ3n) is 7.09. The average molecular weight is 453 g/mol. The first-order valence-electron chi connectivity index (χ1n) is 12.6. The van der Waals surface area contributed by atoms with Gasteiger partial charge in [-0.2, -0.15) is 0 Å². The van der Waals surface area contributed by atoms with Gasteiger partial charge >= 0.3 is 0 Å². The van der Waals surface area contributed by atoms with Gasteiger partial charge in [0, 0.05) is 48.4 Å². The first-order chi connectivity index (χ1) is 16.7. The molecule has 1 aromatic heterocycles. The number of carbonyl (C=O) groups excluding carboxylic acids is 1. The summed E-state index contributed by atoms with van der Waals surface area (Å²) >= 11 is 0. The second-order valence-corrected chi connectivity index (χ2v) is 9.48. The van der Waals surface area contributed by atoms with Gasteiger partial charge in [0.1, 0.15) is 0 Å². The Morgan fingerprint density at radius 3 is 2.79 bits per heavy atom. The van der Waals surface area contributed by atoms with Crippen molar-refractivity contribution in [2.45, 2.75) is 59.3 Å². The normalized spacial score (nSPS) is 26.7. The Balaban J connectivity index is 1.28. The van der Waals surface area contributed by atoms with Crippen molar-refractivity contribution in [3.63, 3.8) is 0 Å². The number of aryl methyl sites for hydroxylation is 1. The number of rotatable bonds is 4. The highest BCUT2D eigenvalue weighted by molar-refractivity contribution is 5.94. The number of nitrogens with one attached hydrogen (secondary N) is 1. The number of piperidine rings is 2. The van der Waals surface area contributed by atoms with Crippen LogP contribution in [0.3, 0.4) is 0 Å². The van der Waals surface area contributed by atoms with Crippen LogP contribution in [-0.4, -0.2) is 57.7 Å². The topological polar surface area (TPSA) is 86.9 Å². The van der Waals surface area contributed by atoms with E-state index in [2.05, 4.69) is 21.4 Å². The first-order valence-corrected chi connectivity index (χ1v) is 11.7. The van der Waals surface area contributed by atoms with Gasteiger partial charge in [0.15, 0.2) is 13.4 Å². The predicted molar refractivity (Wildman–Crippen MR) is 126 cm³/mol. The summed E-state index contributed by atoms with van der Waals surface area (Å²) in [6, 6.07) is 6.13. The molecule has 33 heavy (non-hydrogen) atoms. The van der Waals surface area contributed by atoms with Gasteiger partial charge in [0.2, 0.25) is 5.91 Å². The number of aliphatic imine (C=N–C) groups is 1. The Morgan fingerprint density at radius 1 is 1.24 bits per heavy atom. The van der Waals surface area contributed by atoms with Crippen molar-refractivity contribution in [2.75, 3.05) is 19.6 Å². The molecule has 1 atom stereocenters. The minimum atomic E-state index is -1.47. The highest BCUT2D eigenvalue weighted by Gasteiger charge is 2.46. The minimum absolute atomic E-state index is 0.214. The number of aromatic nitrogens is 2. The van der Waals surface area contributed by atoms with Gasteiger partial charge in [-0.15, -0.1) is 5.10 Å². The van der Waals surface area contributed by atoms with Crippen molar-refractivity contribution in [3.8, 4) is 11.3 Å². The molecule has 0 saturated carbocycles. The van der Waals surface area contributed by atoms with Gasteiger partial charge in [0.25, 0.3) is 0 Å². The van der Waals surface area contributed by atoms with Crippen molar-refractivity contribution < 1.29 is 12.1 Å². The zero-order valence-electron chi connectivity index (χ0n) is 21.5. The summed E-state index contributed by atoms with van der Waals surface area (Å²) in [6.07, 6.45) is 5.18. The molecule has 1 N–H and O–H groups in total. The molecule has 174 valence electrons. The second-order valence-electron chi connectivity index (χ2n) is 9.48. The maximum absolute atomic E-state index is 13.7. The van der Waals surface area contributed by atoms with E-state index < -0.39 is 11.7 Å². The molecule has 1 amide bonds. The number of amides is 1. The van der Waals surface area contributed by atoms with Crippen molar-refractivity contribution in [2.24, 2.45) is 10.4 Å². The zero-order chi connectivity index (χ0) is 24.8. The number of likely N-dealkylation sites (tertiary alicyclic amines) is 2. The molecule has 1 spiro atoms. The molecule has 5 rings (SSSR count). The van der Waals surface area contributed by atoms with Gasteiger partial charge in [-0.25, -0.2) is 0 Å². The van der Waals surface area contributed by atoms with Crippen molar-refractivity contribution in [1.29, 1.82) is 0 Å². The SMILES string of the molecule is [3H]N1C(C)=CC(C)=NC1([3H])N1CCC2(CCCN(Cc3ccc(-c4cnno4)c(C)c3)C2=O)CC1. The summed E-state index contributed by atoms with van der Waals surface area (Å²) in [4.78, 5) is 22.1. The largest absolute Gasteiger partial charge is 0.355 e. The molecule has 2 aromatic rings. The molecule has 3 aliphatic rings. The summed E-state index contributed by atoms with van der Waals surface area (Å²) in [7, 11) is 0. The van der Waals surface area contributed by atoms with Crippen molar-refractivity contribution in [1.82, 2.24) is 25.5 Å². The monoisotopic (exact) mass is 452 g/mol. The minimum Gasteiger partial charge on any atom is -0.355 e. The molecule has 0 radical (unpaired) electrons. The highest BCUT2D eigenvalue weighted by Crippen LogP contribution is 2.42. The fraction of sp³-hybridized carbons (Fsp3) is 0.520. The van der Waals surface area contributed by atoms with Crippen LogP contribution in [0.2, 0.25) is 1.41 Å². The van der Waals surface area contributed by atoms with Crippen LogP contribution in [0.15, 0.2) is 45.7 Å². The molecule has 8 nitrogen and oxygen atoms in total. The van der Waals surface area contributed by atoms with Crippen molar-refractivity contribution in [3.05, 3.63) is 47.3 Å². The molecular weight excluding hydrogens is 416 g/mol. The van der Waals surface area contributed by atoms with E-state index in [1.165, 1.54) is 5.31 Å². The van der Waals surface area contributed by atoms with Crippen molar-refractivity contribution >= 4 is 11.6 Å². The van der Waals surface area contributed by atoms with Crippen LogP contribution in [-0.2, 0) is 11.3 Å². The number of hydrogen-bond donors (Lipinski definition) is 1. The molecule has 2 fully saturated rings. The van der Waals surface area contributed by atoms with Gasteiger partial charge in [-0.1, -0.05) is 18.2 Å². The fourth-order valence-electron chi connectivity index (χ4n) is 5.36. The second kappa shape index (κ2) is 8.74. The van der Waals surface area contributed by atoms with E-state index in [1.54, 1.807) is 6.20 Å². The Bertz CT molecular complexity index is 1170. The number of hydrogen-bond acceptors (Lipinski definition) is 7. The summed E-state index contributed by atoms with van der Waals surface area (Å²) < 4.78 is 22.5. The van der Waals surface area contributed by atoms with Crippen LogP contribution in [0.4, 0.5) is 0 Å². The van der Waals surface area contributed by atoms with Crippen LogP contribution in [0.5, 0.6) is 0 Å². The zero-order valence-corrected chi connectivity index (χ0v) is 19.5. The number of allylic oxidation sites excluding steroid dienone is 2. The lowest BCUT2D eigenvalue weighted by atomic mass is 9.71. The fourth-order valence-corrected chi connectivity index (χ4v) is 5.36. The van der Waals surface area contributed by atoms with E-state index in [0.717, 1.165) is 41.8 Å². The number of carbonyl (C=O) groups is 1. The first kappa shape index (κ1) is 19.5. The molecule has 1 unspecified atom stereocenters. The van der Waals surface area contributed by atoms with Crippen LogP contribution < -0.4 is 5.31 Å². The van der Waals surface area contributed by atoms with E-state index in [-0.39, 0.29) is 5.91 Å². The van der Waals surface area contributed by atoms with E-state index in [4.69, 9.17) is 7.31 Å². The third-order valence-corrected chi connectivity index (χ3v) is 7.09. The van der Waals surface area contributed by atoms with Crippen LogP contribution in [0.25, 0.3) is 11.3 Å². The maximum Gasteiger partial charge on any atom is 0.229 e. The third kappa shape index (κ3) is 4.31. The Morgan fingerprint density at radius 2 is 2.06 bits per heavy atom. The lowest BCUT2D eigenvalue weighted by Crippen LogP contribution is -2.56. The summed E-state index contributed by atoms with van der Waals surface area (Å²) in [5.41, 5.74) is 4.16. The average Bonchev–Trinajstić information content (AvgIpc) is 3.36. The molecule has 2 saturated heterocycles. The predicted octanol–water partition coefficient (Wildman–Crippen LogP) is 3.50. The van der Waals surface area contributed by atoms with Crippen LogP contribution in [0.1, 0.15) is 52.0 Å². The Hall–Kier alpha value is -3.00. The molecule has 0 bridgehead atoms. The van der Waals surface area contributed by atoms with Gasteiger partial charge < -0.3 is 14.7 Å². The lowest BCUT2D eigenvalue weighted by Gasteiger charge is -2.47. The summed E-state index contributed by atoms with van der Waals surface area (Å²) in [5.74, 6) is 0.848. The smallest absolute Gasteiger partial charge is 0.229 e. The molecular formula is C25H32N6O2. The van der Waals surface area contributed by atoms with Crippen LogP contribution in [0, 0.1) is 12.3 Å². The Kier molecular flexibility index (Phi) is 5.16. The van der Waals surface area contributed by atoms with E-state index in [0.29, 0.717) is 43.9 Å².